The molecular formula is C8H8ClF2N. The largest absolute Gasteiger partial charge is 0.361 e. The molecule has 0 saturated carbocycles. The van der Waals surface area contributed by atoms with Crippen molar-refractivity contribution in [1.29, 1.82) is 0 Å². The molecule has 0 aliphatic rings. The van der Waals surface area contributed by atoms with E-state index in [1.807, 2.05) is 0 Å². The molecule has 0 saturated heterocycles. The van der Waals surface area contributed by atoms with Gasteiger partial charge in [0.15, 0.2) is 11.6 Å². The van der Waals surface area contributed by atoms with E-state index in [0.717, 1.165) is 12.1 Å². The molecule has 0 amide bonds. The number of rotatable bonds is 2. The van der Waals surface area contributed by atoms with Crippen LogP contribution in [0.5, 0.6) is 0 Å². The van der Waals surface area contributed by atoms with Crippen molar-refractivity contribution in [3.05, 3.63) is 29.8 Å². The summed E-state index contributed by atoms with van der Waals surface area (Å²) in [5.74, 6) is -1.70. The first-order chi connectivity index (χ1) is 5.65. The number of benzene rings is 1. The van der Waals surface area contributed by atoms with Crippen molar-refractivity contribution in [3.8, 4) is 0 Å². The highest BCUT2D eigenvalue weighted by atomic mass is 35.5. The molecule has 0 heterocycles. The minimum atomic E-state index is -0.857. The van der Waals surface area contributed by atoms with Gasteiger partial charge in [0.05, 0.1) is 6.00 Å². The molecule has 0 aliphatic heterocycles. The van der Waals surface area contributed by atoms with E-state index in [0.29, 0.717) is 5.69 Å². The number of hydrogen-bond donors (Lipinski definition) is 0. The first kappa shape index (κ1) is 9.26. The summed E-state index contributed by atoms with van der Waals surface area (Å²) in [7, 11) is 1.69. The van der Waals surface area contributed by atoms with Gasteiger partial charge in [0.1, 0.15) is 0 Å². The number of anilines is 1. The van der Waals surface area contributed by atoms with Crippen molar-refractivity contribution in [3.63, 3.8) is 0 Å². The average Bonchev–Trinajstić information content (AvgIpc) is 2.08. The van der Waals surface area contributed by atoms with Crippen molar-refractivity contribution < 1.29 is 8.78 Å². The van der Waals surface area contributed by atoms with Gasteiger partial charge in [0.25, 0.3) is 0 Å². The second-order valence-electron chi connectivity index (χ2n) is 2.42. The molecule has 12 heavy (non-hydrogen) atoms. The summed E-state index contributed by atoms with van der Waals surface area (Å²) in [6.07, 6.45) is 0. The van der Waals surface area contributed by atoms with E-state index in [1.54, 1.807) is 11.9 Å². The molecule has 4 heteroatoms. The maximum Gasteiger partial charge on any atom is 0.160 e. The van der Waals surface area contributed by atoms with Crippen LogP contribution in [-0.2, 0) is 0 Å². The zero-order chi connectivity index (χ0) is 9.14. The predicted octanol–water partition coefficient (Wildman–Crippen LogP) is 2.60. The van der Waals surface area contributed by atoms with Gasteiger partial charge < -0.3 is 4.90 Å². The van der Waals surface area contributed by atoms with Gasteiger partial charge in [-0.25, -0.2) is 8.78 Å². The Hall–Kier alpha value is -0.830. The van der Waals surface area contributed by atoms with Gasteiger partial charge in [0.2, 0.25) is 0 Å². The van der Waals surface area contributed by atoms with Crippen LogP contribution in [0.1, 0.15) is 0 Å². The Bertz CT molecular complexity index is 278. The van der Waals surface area contributed by atoms with Gasteiger partial charge in [-0.15, -0.1) is 11.6 Å². The molecule has 0 N–H and O–H groups in total. The van der Waals surface area contributed by atoms with Crippen molar-refractivity contribution in [2.75, 3.05) is 18.0 Å². The van der Waals surface area contributed by atoms with E-state index in [1.165, 1.54) is 6.07 Å². The van der Waals surface area contributed by atoms with E-state index in [2.05, 4.69) is 0 Å². The Kier molecular flexibility index (Phi) is 2.87. The minimum Gasteiger partial charge on any atom is -0.361 e. The molecule has 0 unspecified atom stereocenters. The molecular weight excluding hydrogens is 184 g/mol. The zero-order valence-corrected chi connectivity index (χ0v) is 7.28. The molecule has 0 fully saturated rings. The van der Waals surface area contributed by atoms with Gasteiger partial charge in [-0.1, -0.05) is 0 Å². The molecule has 66 valence electrons. The number of nitrogens with zero attached hydrogens (tertiary/aromatic N) is 1. The maximum absolute atomic E-state index is 12.6. The van der Waals surface area contributed by atoms with E-state index in [4.69, 9.17) is 11.6 Å². The molecule has 0 aromatic heterocycles. The summed E-state index contributed by atoms with van der Waals surface area (Å²) in [5.41, 5.74) is 0.559. The Balaban J connectivity index is 2.96. The summed E-state index contributed by atoms with van der Waals surface area (Å²) in [4.78, 5) is 1.60. The van der Waals surface area contributed by atoms with Crippen LogP contribution in [0.15, 0.2) is 18.2 Å². The van der Waals surface area contributed by atoms with Gasteiger partial charge >= 0.3 is 0 Å². The van der Waals surface area contributed by atoms with Crippen LogP contribution in [0.3, 0.4) is 0 Å². The molecule has 1 rings (SSSR count). The normalized spacial score (nSPS) is 10.0. The van der Waals surface area contributed by atoms with Gasteiger partial charge in [-0.3, -0.25) is 0 Å². The highest BCUT2D eigenvalue weighted by Gasteiger charge is 2.04. The second-order valence-corrected chi connectivity index (χ2v) is 2.65. The molecule has 1 nitrogen and oxygen atoms in total. The van der Waals surface area contributed by atoms with Crippen LogP contribution in [-0.4, -0.2) is 13.1 Å². The lowest BCUT2D eigenvalue weighted by Gasteiger charge is -2.14. The first-order valence-electron chi connectivity index (χ1n) is 3.37. The van der Waals surface area contributed by atoms with Crippen molar-refractivity contribution in [1.82, 2.24) is 0 Å². The first-order valence-corrected chi connectivity index (χ1v) is 3.90. The predicted molar refractivity (Wildman–Crippen MR) is 45.5 cm³/mol. The maximum atomic E-state index is 12.6. The third-order valence-electron chi connectivity index (χ3n) is 1.52. The van der Waals surface area contributed by atoms with Crippen LogP contribution in [0.2, 0.25) is 0 Å². The third kappa shape index (κ3) is 1.85. The fourth-order valence-corrected chi connectivity index (χ4v) is 0.929. The zero-order valence-electron chi connectivity index (χ0n) is 6.52. The van der Waals surface area contributed by atoms with Crippen LogP contribution < -0.4 is 4.90 Å². The molecule has 0 radical (unpaired) electrons. The van der Waals surface area contributed by atoms with Gasteiger partial charge in [-0.05, 0) is 12.1 Å². The Morgan fingerprint density at radius 3 is 2.50 bits per heavy atom. The summed E-state index contributed by atoms with van der Waals surface area (Å²) in [5, 5.41) is 0. The molecule has 1 aromatic carbocycles. The van der Waals surface area contributed by atoms with Crippen molar-refractivity contribution in [2.45, 2.75) is 0 Å². The fraction of sp³-hybridized carbons (Fsp3) is 0.250. The lowest BCUT2D eigenvalue weighted by molar-refractivity contribution is 0.508. The van der Waals surface area contributed by atoms with Crippen LogP contribution in [0, 0.1) is 11.6 Å². The van der Waals surface area contributed by atoms with Gasteiger partial charge in [0, 0.05) is 18.8 Å². The topological polar surface area (TPSA) is 3.24 Å². The van der Waals surface area contributed by atoms with Crippen molar-refractivity contribution in [2.24, 2.45) is 0 Å². The highest BCUT2D eigenvalue weighted by molar-refractivity contribution is 6.18. The minimum absolute atomic E-state index is 0.241. The monoisotopic (exact) mass is 191 g/mol. The van der Waals surface area contributed by atoms with Crippen LogP contribution in [0.4, 0.5) is 14.5 Å². The van der Waals surface area contributed by atoms with Crippen LogP contribution in [0.25, 0.3) is 0 Å². The molecule has 0 aliphatic carbocycles. The number of alkyl halides is 1. The fourth-order valence-electron chi connectivity index (χ4n) is 0.791. The molecule has 0 spiro atoms. The Labute approximate surface area is 74.6 Å². The second kappa shape index (κ2) is 3.72. The summed E-state index contributed by atoms with van der Waals surface area (Å²) in [6, 6.07) is 3.90. The Morgan fingerprint density at radius 1 is 1.33 bits per heavy atom. The highest BCUT2D eigenvalue weighted by Crippen LogP contribution is 2.16. The smallest absolute Gasteiger partial charge is 0.160 e. The third-order valence-corrected chi connectivity index (χ3v) is 1.88. The van der Waals surface area contributed by atoms with Crippen molar-refractivity contribution >= 4 is 17.3 Å². The molecule has 1 aromatic rings. The standard InChI is InChI=1S/C8H8ClF2N/c1-12(5-9)6-2-3-7(10)8(11)4-6/h2-4H,5H2,1H3. The number of halogens is 3. The molecule has 0 bridgehead atoms. The summed E-state index contributed by atoms with van der Waals surface area (Å²) >= 11 is 5.49. The van der Waals surface area contributed by atoms with E-state index >= 15 is 0 Å². The summed E-state index contributed by atoms with van der Waals surface area (Å²) < 4.78 is 25.1. The molecule has 0 atom stereocenters. The number of hydrogen-bond acceptors (Lipinski definition) is 1. The van der Waals surface area contributed by atoms with E-state index < -0.39 is 11.6 Å². The Morgan fingerprint density at radius 2 is 2.00 bits per heavy atom. The SMILES string of the molecule is CN(CCl)c1ccc(F)c(F)c1. The lowest BCUT2D eigenvalue weighted by atomic mass is 10.3. The van der Waals surface area contributed by atoms with E-state index in [-0.39, 0.29) is 6.00 Å². The van der Waals surface area contributed by atoms with Crippen LogP contribution >= 0.6 is 11.6 Å². The lowest BCUT2D eigenvalue weighted by Crippen LogP contribution is -2.14. The quantitative estimate of drug-likeness (QED) is 0.513. The van der Waals surface area contributed by atoms with E-state index in [9.17, 15) is 8.78 Å². The summed E-state index contributed by atoms with van der Waals surface area (Å²) in [6.45, 7) is 0. The average molecular weight is 192 g/mol. The van der Waals surface area contributed by atoms with Gasteiger partial charge in [-0.2, -0.15) is 0 Å².